The molecule has 0 saturated carbocycles. The van der Waals surface area contributed by atoms with E-state index in [4.69, 9.17) is 9.47 Å². The van der Waals surface area contributed by atoms with E-state index in [0.29, 0.717) is 6.42 Å². The highest BCUT2D eigenvalue weighted by atomic mass is 127. The zero-order valence-electron chi connectivity index (χ0n) is 12.5. The summed E-state index contributed by atoms with van der Waals surface area (Å²) in [6.45, 7) is 10.7. The topological polar surface area (TPSA) is 64.6 Å². The predicted octanol–water partition coefficient (Wildman–Crippen LogP) is 3.05. The fourth-order valence-electron chi connectivity index (χ4n) is 1.18. The molecule has 0 bridgehead atoms. The van der Waals surface area contributed by atoms with Crippen LogP contribution in [0.5, 0.6) is 0 Å². The van der Waals surface area contributed by atoms with E-state index in [0.717, 1.165) is 4.43 Å². The van der Waals surface area contributed by atoms with E-state index in [1.165, 1.54) is 0 Å². The first kappa shape index (κ1) is 18.5. The largest absolute Gasteiger partial charge is 0.458 e. The summed E-state index contributed by atoms with van der Waals surface area (Å²) in [7, 11) is 0. The monoisotopic (exact) mass is 385 g/mol. The molecule has 0 aliphatic rings. The number of rotatable bonds is 4. The third-order valence-electron chi connectivity index (χ3n) is 1.78. The van der Waals surface area contributed by atoms with Crippen molar-refractivity contribution < 1.29 is 19.1 Å². The molecule has 0 aromatic heterocycles. The van der Waals surface area contributed by atoms with Gasteiger partial charge in [-0.3, -0.25) is 0 Å². The van der Waals surface area contributed by atoms with E-state index < -0.39 is 29.3 Å². The number of carbonyl (C=O) groups excluding carboxylic acids is 2. The van der Waals surface area contributed by atoms with Crippen molar-refractivity contribution in [3.8, 4) is 0 Å². The number of esters is 1. The van der Waals surface area contributed by atoms with Crippen molar-refractivity contribution >= 4 is 34.7 Å². The van der Waals surface area contributed by atoms with Crippen molar-refractivity contribution in [1.82, 2.24) is 5.32 Å². The number of alkyl halides is 1. The molecule has 5 nitrogen and oxygen atoms in total. The number of alkyl carbamates (subject to hydrolysis) is 1. The molecule has 0 saturated heterocycles. The Labute approximate surface area is 128 Å². The van der Waals surface area contributed by atoms with Gasteiger partial charge in [-0.15, -0.1) is 0 Å². The quantitative estimate of drug-likeness (QED) is 0.459. The number of carbonyl (C=O) groups is 2. The summed E-state index contributed by atoms with van der Waals surface area (Å²) in [4.78, 5) is 23.6. The molecule has 6 heteroatoms. The van der Waals surface area contributed by atoms with Gasteiger partial charge >= 0.3 is 12.1 Å². The Morgan fingerprint density at radius 3 is 1.89 bits per heavy atom. The highest BCUT2D eigenvalue weighted by Crippen LogP contribution is 2.12. The van der Waals surface area contributed by atoms with Gasteiger partial charge in [-0.05, 0) is 48.0 Å². The lowest BCUT2D eigenvalue weighted by Crippen LogP contribution is -2.46. The number of hydrogen-bond acceptors (Lipinski definition) is 4. The minimum absolute atomic E-state index is 0.435. The molecule has 0 spiro atoms. The van der Waals surface area contributed by atoms with Gasteiger partial charge in [-0.2, -0.15) is 0 Å². The summed E-state index contributed by atoms with van der Waals surface area (Å²) in [5.41, 5.74) is -1.16. The highest BCUT2D eigenvalue weighted by molar-refractivity contribution is 14.1. The summed E-state index contributed by atoms with van der Waals surface area (Å²) in [5.74, 6) is -0.435. The Morgan fingerprint density at radius 2 is 1.53 bits per heavy atom. The predicted molar refractivity (Wildman–Crippen MR) is 82.5 cm³/mol. The smallest absolute Gasteiger partial charge is 0.408 e. The SMILES string of the molecule is CC(C)(C)OC(=O)N[C@@H](CCI)C(=O)OC(C)(C)C. The molecule has 19 heavy (non-hydrogen) atoms. The number of nitrogens with one attached hydrogen (secondary N) is 1. The Balaban J connectivity index is 4.57. The lowest BCUT2D eigenvalue weighted by atomic mass is 10.1. The van der Waals surface area contributed by atoms with Crippen molar-refractivity contribution in [2.24, 2.45) is 0 Å². The summed E-state index contributed by atoms with van der Waals surface area (Å²) in [5, 5.41) is 2.56. The van der Waals surface area contributed by atoms with Crippen LogP contribution >= 0.6 is 22.6 Å². The molecule has 0 aliphatic carbocycles. The van der Waals surface area contributed by atoms with Gasteiger partial charge in [0.2, 0.25) is 0 Å². The van der Waals surface area contributed by atoms with Crippen LogP contribution in [0.1, 0.15) is 48.0 Å². The fourth-order valence-corrected chi connectivity index (χ4v) is 1.80. The minimum Gasteiger partial charge on any atom is -0.458 e. The first-order valence-electron chi connectivity index (χ1n) is 6.23. The van der Waals surface area contributed by atoms with Gasteiger partial charge in [0, 0.05) is 4.43 Å². The van der Waals surface area contributed by atoms with Gasteiger partial charge in [0.1, 0.15) is 17.2 Å². The molecule has 1 N–H and O–H groups in total. The molecule has 0 fully saturated rings. The number of ether oxygens (including phenoxy) is 2. The summed E-state index contributed by atoms with van der Waals surface area (Å²) >= 11 is 2.15. The average molecular weight is 385 g/mol. The normalized spacial score (nSPS) is 13.6. The number of halogens is 1. The minimum atomic E-state index is -0.675. The Morgan fingerprint density at radius 1 is 1.05 bits per heavy atom. The molecule has 0 heterocycles. The van der Waals surface area contributed by atoms with E-state index in [1.54, 1.807) is 41.5 Å². The third-order valence-corrected chi connectivity index (χ3v) is 2.40. The van der Waals surface area contributed by atoms with Crippen LogP contribution < -0.4 is 5.32 Å². The average Bonchev–Trinajstić information content (AvgIpc) is 2.10. The first-order chi connectivity index (χ1) is 8.44. The van der Waals surface area contributed by atoms with Gasteiger partial charge < -0.3 is 14.8 Å². The molecule has 0 unspecified atom stereocenters. The lowest BCUT2D eigenvalue weighted by molar-refractivity contribution is -0.157. The second kappa shape index (κ2) is 7.31. The second-order valence-electron chi connectivity index (χ2n) is 6.21. The van der Waals surface area contributed by atoms with E-state index in [9.17, 15) is 9.59 Å². The maximum absolute atomic E-state index is 12.0. The second-order valence-corrected chi connectivity index (χ2v) is 7.29. The van der Waals surface area contributed by atoms with Crippen LogP contribution in [0, 0.1) is 0 Å². The van der Waals surface area contributed by atoms with Crippen LogP contribution in [0.2, 0.25) is 0 Å². The fraction of sp³-hybridized carbons (Fsp3) is 0.846. The first-order valence-corrected chi connectivity index (χ1v) is 7.75. The molecule has 0 radical (unpaired) electrons. The van der Waals surface area contributed by atoms with E-state index in [2.05, 4.69) is 27.9 Å². The molecular formula is C13H24INO4. The number of hydrogen-bond donors (Lipinski definition) is 1. The molecule has 0 aromatic carbocycles. The summed E-state index contributed by atoms with van der Waals surface area (Å²) < 4.78 is 11.1. The van der Waals surface area contributed by atoms with Crippen LogP contribution in [0.25, 0.3) is 0 Å². The van der Waals surface area contributed by atoms with Crippen LogP contribution in [0.3, 0.4) is 0 Å². The van der Waals surface area contributed by atoms with E-state index >= 15 is 0 Å². The summed E-state index contributed by atoms with van der Waals surface area (Å²) in [6.07, 6.45) is -0.0949. The molecule has 0 aliphatic heterocycles. The van der Waals surface area contributed by atoms with Gasteiger partial charge in [0.15, 0.2) is 0 Å². The third kappa shape index (κ3) is 9.98. The van der Waals surface area contributed by atoms with Crippen molar-refractivity contribution in [1.29, 1.82) is 0 Å². The van der Waals surface area contributed by atoms with Crippen molar-refractivity contribution in [2.75, 3.05) is 4.43 Å². The Bertz CT molecular complexity index is 318. The van der Waals surface area contributed by atoms with E-state index in [-0.39, 0.29) is 0 Å². The molecule has 1 atom stereocenters. The molecule has 112 valence electrons. The Kier molecular flexibility index (Phi) is 7.10. The van der Waals surface area contributed by atoms with Crippen LogP contribution in [-0.4, -0.2) is 33.7 Å². The summed E-state index contributed by atoms with van der Waals surface area (Å²) in [6, 6.07) is -0.675. The van der Waals surface area contributed by atoms with Crippen LogP contribution in [0.15, 0.2) is 0 Å². The van der Waals surface area contributed by atoms with Crippen LogP contribution in [0.4, 0.5) is 4.79 Å². The zero-order valence-corrected chi connectivity index (χ0v) is 14.7. The molecular weight excluding hydrogens is 361 g/mol. The van der Waals surface area contributed by atoms with Gasteiger partial charge in [0.25, 0.3) is 0 Å². The molecule has 1 amide bonds. The van der Waals surface area contributed by atoms with Gasteiger partial charge in [-0.1, -0.05) is 22.6 Å². The standard InChI is InChI=1S/C13H24INO4/c1-12(2,3)18-10(16)9(7-8-14)15-11(17)19-13(4,5)6/h9H,7-8H2,1-6H3,(H,15,17)/t9-/m0/s1. The maximum atomic E-state index is 12.0. The highest BCUT2D eigenvalue weighted by Gasteiger charge is 2.27. The maximum Gasteiger partial charge on any atom is 0.408 e. The Hall–Kier alpha value is -0.530. The van der Waals surface area contributed by atoms with Crippen molar-refractivity contribution in [2.45, 2.75) is 65.2 Å². The molecule has 0 rings (SSSR count). The number of amides is 1. The van der Waals surface area contributed by atoms with Crippen LogP contribution in [-0.2, 0) is 14.3 Å². The zero-order chi connectivity index (χ0) is 15.3. The molecule has 0 aromatic rings. The lowest BCUT2D eigenvalue weighted by Gasteiger charge is -2.26. The van der Waals surface area contributed by atoms with Gasteiger partial charge in [0.05, 0.1) is 0 Å². The van der Waals surface area contributed by atoms with E-state index in [1.807, 2.05) is 0 Å². The van der Waals surface area contributed by atoms with Crippen molar-refractivity contribution in [3.05, 3.63) is 0 Å². The van der Waals surface area contributed by atoms with Gasteiger partial charge in [-0.25, -0.2) is 9.59 Å². The van der Waals surface area contributed by atoms with Crippen molar-refractivity contribution in [3.63, 3.8) is 0 Å².